The van der Waals surface area contributed by atoms with Crippen molar-refractivity contribution in [1.82, 2.24) is 24.5 Å². The molecule has 6 nitrogen and oxygen atoms in total. The van der Waals surface area contributed by atoms with Crippen molar-refractivity contribution in [2.75, 3.05) is 13.1 Å². The van der Waals surface area contributed by atoms with E-state index in [1.54, 1.807) is 12.4 Å². The molecule has 1 amide bonds. The summed E-state index contributed by atoms with van der Waals surface area (Å²) in [4.78, 5) is 24.2. The van der Waals surface area contributed by atoms with E-state index >= 15 is 0 Å². The van der Waals surface area contributed by atoms with Gasteiger partial charge < -0.3 is 4.90 Å². The van der Waals surface area contributed by atoms with Crippen molar-refractivity contribution in [2.45, 2.75) is 18.8 Å². The molecule has 0 saturated carbocycles. The van der Waals surface area contributed by atoms with E-state index in [2.05, 4.69) is 11.1 Å². The quantitative estimate of drug-likeness (QED) is 0.534. The zero-order valence-electron chi connectivity index (χ0n) is 15.2. The van der Waals surface area contributed by atoms with E-state index in [-0.39, 0.29) is 11.8 Å². The summed E-state index contributed by atoms with van der Waals surface area (Å²) in [6.45, 7) is 1.47. The van der Waals surface area contributed by atoms with Crippen LogP contribution in [-0.4, -0.2) is 43.5 Å². The van der Waals surface area contributed by atoms with Gasteiger partial charge in [0.2, 0.25) is 0 Å². The number of hydrogen-bond acceptors (Lipinski definition) is 5. The van der Waals surface area contributed by atoms with Gasteiger partial charge in [0.05, 0.1) is 4.88 Å². The Hall–Kier alpha value is -3.06. The Labute approximate surface area is 166 Å². The molecule has 0 spiro atoms. The molecule has 1 aliphatic heterocycles. The molecule has 0 aliphatic carbocycles. The van der Waals surface area contributed by atoms with Crippen LogP contribution in [-0.2, 0) is 0 Å². The van der Waals surface area contributed by atoms with Gasteiger partial charge in [-0.25, -0.2) is 9.50 Å². The second kappa shape index (κ2) is 7.16. The molecule has 0 N–H and O–H groups in total. The number of piperidine rings is 1. The molecule has 28 heavy (non-hydrogen) atoms. The Kier molecular flexibility index (Phi) is 4.37. The normalized spacial score (nSPS) is 17.1. The predicted molar refractivity (Wildman–Crippen MR) is 108 cm³/mol. The number of amides is 1. The molecule has 1 saturated heterocycles. The van der Waals surface area contributed by atoms with E-state index in [1.165, 1.54) is 11.3 Å². The van der Waals surface area contributed by atoms with Crippen LogP contribution in [0.1, 0.15) is 34.3 Å². The highest BCUT2D eigenvalue weighted by Gasteiger charge is 2.28. The van der Waals surface area contributed by atoms with E-state index in [9.17, 15) is 4.79 Å². The van der Waals surface area contributed by atoms with Gasteiger partial charge >= 0.3 is 0 Å². The lowest BCUT2D eigenvalue weighted by Crippen LogP contribution is -2.39. The zero-order valence-corrected chi connectivity index (χ0v) is 16.0. The summed E-state index contributed by atoms with van der Waals surface area (Å²) in [5.41, 5.74) is 3.00. The third-order valence-corrected chi connectivity index (χ3v) is 6.02. The number of nitrogens with zero attached hydrogens (tertiary/aromatic N) is 5. The van der Waals surface area contributed by atoms with Gasteiger partial charge in [-0.1, -0.05) is 6.07 Å². The first-order chi connectivity index (χ1) is 13.8. The fourth-order valence-electron chi connectivity index (χ4n) is 3.72. The summed E-state index contributed by atoms with van der Waals surface area (Å²) >= 11 is 1.49. The van der Waals surface area contributed by atoms with E-state index in [0.717, 1.165) is 46.9 Å². The van der Waals surface area contributed by atoms with Crippen LogP contribution in [0.15, 0.2) is 60.4 Å². The van der Waals surface area contributed by atoms with Gasteiger partial charge in [0, 0.05) is 43.2 Å². The average Bonchev–Trinajstić information content (AvgIpc) is 3.43. The van der Waals surface area contributed by atoms with E-state index in [4.69, 9.17) is 10.1 Å². The monoisotopic (exact) mass is 389 g/mol. The Bertz CT molecular complexity index is 1110. The van der Waals surface area contributed by atoms with E-state index in [0.29, 0.717) is 6.54 Å². The summed E-state index contributed by atoms with van der Waals surface area (Å²) in [5.74, 6) is 1.10. The average molecular weight is 389 g/mol. The number of hydrogen-bond donors (Lipinski definition) is 0. The maximum absolute atomic E-state index is 12.7. The van der Waals surface area contributed by atoms with Crippen LogP contribution in [0.5, 0.6) is 0 Å². The van der Waals surface area contributed by atoms with Crippen molar-refractivity contribution in [1.29, 1.82) is 0 Å². The van der Waals surface area contributed by atoms with Gasteiger partial charge in [-0.15, -0.1) is 11.3 Å². The van der Waals surface area contributed by atoms with Crippen LogP contribution in [0.3, 0.4) is 0 Å². The molecule has 0 aromatic carbocycles. The highest BCUT2D eigenvalue weighted by molar-refractivity contribution is 7.12. The van der Waals surface area contributed by atoms with Crippen LogP contribution >= 0.6 is 11.3 Å². The fourth-order valence-corrected chi connectivity index (χ4v) is 4.41. The summed E-state index contributed by atoms with van der Waals surface area (Å²) in [5, 5.41) is 6.68. The molecule has 0 bridgehead atoms. The molecule has 0 unspecified atom stereocenters. The number of rotatable bonds is 3. The fraction of sp³-hybridized carbons (Fsp3) is 0.238. The van der Waals surface area contributed by atoms with Crippen LogP contribution < -0.4 is 0 Å². The predicted octanol–water partition coefficient (Wildman–Crippen LogP) is 3.87. The molecule has 0 radical (unpaired) electrons. The molecule has 7 heteroatoms. The highest BCUT2D eigenvalue weighted by atomic mass is 32.1. The lowest BCUT2D eigenvalue weighted by Gasteiger charge is -2.31. The van der Waals surface area contributed by atoms with Crippen LogP contribution in [0.25, 0.3) is 16.8 Å². The summed E-state index contributed by atoms with van der Waals surface area (Å²) in [7, 11) is 0. The number of pyridine rings is 2. The van der Waals surface area contributed by atoms with Gasteiger partial charge in [0.15, 0.2) is 11.5 Å². The van der Waals surface area contributed by atoms with Crippen LogP contribution in [0.2, 0.25) is 0 Å². The first-order valence-corrected chi connectivity index (χ1v) is 10.3. The minimum absolute atomic E-state index is 0.114. The molecule has 5 rings (SSSR count). The van der Waals surface area contributed by atoms with Gasteiger partial charge in [0.25, 0.3) is 5.91 Å². The minimum atomic E-state index is 0.114. The highest BCUT2D eigenvalue weighted by Crippen LogP contribution is 2.27. The molecule has 1 atom stereocenters. The number of carbonyl (C=O) groups excluding carboxylic acids is 1. The molecule has 1 aliphatic rings. The lowest BCUT2D eigenvalue weighted by molar-refractivity contribution is 0.0709. The Balaban J connectivity index is 1.40. The molecule has 4 aromatic heterocycles. The first kappa shape index (κ1) is 17.1. The lowest BCUT2D eigenvalue weighted by atomic mass is 9.97. The van der Waals surface area contributed by atoms with Gasteiger partial charge in [-0.2, -0.15) is 5.10 Å². The van der Waals surface area contributed by atoms with Crippen molar-refractivity contribution in [3.05, 3.63) is 71.1 Å². The maximum Gasteiger partial charge on any atom is 0.263 e. The zero-order chi connectivity index (χ0) is 18.9. The van der Waals surface area contributed by atoms with E-state index < -0.39 is 0 Å². The van der Waals surface area contributed by atoms with Gasteiger partial charge in [0.1, 0.15) is 0 Å². The molecule has 4 aromatic rings. The SMILES string of the molecule is O=C(c1cccs1)N1CCC[C@@H](c2nc3ccc(-c4ccncc4)cn3n2)C1. The van der Waals surface area contributed by atoms with Crippen molar-refractivity contribution in [3.63, 3.8) is 0 Å². The maximum atomic E-state index is 12.7. The van der Waals surface area contributed by atoms with Crippen LogP contribution in [0, 0.1) is 0 Å². The molecule has 5 heterocycles. The molecule has 1 fully saturated rings. The molecule has 140 valence electrons. The Morgan fingerprint density at radius 2 is 2.00 bits per heavy atom. The topological polar surface area (TPSA) is 63.4 Å². The standard InChI is InChI=1S/C21H19N5OS/c27-21(18-4-2-12-28-18)25-11-1-3-17(13-25)20-23-19-6-5-16(14-26(19)24-20)15-7-9-22-10-8-15/h2,4-10,12,14,17H,1,3,11,13H2/t17-/m1/s1. The van der Waals surface area contributed by atoms with Gasteiger partial charge in [-0.3, -0.25) is 9.78 Å². The second-order valence-electron chi connectivity index (χ2n) is 6.99. The van der Waals surface area contributed by atoms with Crippen molar-refractivity contribution in [3.8, 4) is 11.1 Å². The third-order valence-electron chi connectivity index (χ3n) is 5.17. The molecular weight excluding hydrogens is 370 g/mol. The number of thiophene rings is 1. The Morgan fingerprint density at radius 1 is 1.11 bits per heavy atom. The van der Waals surface area contributed by atoms with Crippen molar-refractivity contribution in [2.24, 2.45) is 0 Å². The van der Waals surface area contributed by atoms with Gasteiger partial charge in [-0.05, 0) is 54.1 Å². The largest absolute Gasteiger partial charge is 0.337 e. The summed E-state index contributed by atoms with van der Waals surface area (Å²) < 4.78 is 1.84. The van der Waals surface area contributed by atoms with E-state index in [1.807, 2.05) is 51.3 Å². The number of aromatic nitrogens is 4. The Morgan fingerprint density at radius 3 is 2.82 bits per heavy atom. The van der Waals surface area contributed by atoms with Crippen LogP contribution in [0.4, 0.5) is 0 Å². The smallest absolute Gasteiger partial charge is 0.263 e. The van der Waals surface area contributed by atoms with Crippen molar-refractivity contribution >= 4 is 22.9 Å². The number of likely N-dealkylation sites (tertiary alicyclic amines) is 1. The van der Waals surface area contributed by atoms with Crippen molar-refractivity contribution < 1.29 is 4.79 Å². The molecular formula is C21H19N5OS. The summed E-state index contributed by atoms with van der Waals surface area (Å²) in [6.07, 6.45) is 7.54. The third kappa shape index (κ3) is 3.18. The second-order valence-corrected chi connectivity index (χ2v) is 7.94. The minimum Gasteiger partial charge on any atom is -0.337 e. The number of fused-ring (bicyclic) bond motifs is 1. The first-order valence-electron chi connectivity index (χ1n) is 9.37. The number of carbonyl (C=O) groups is 1. The summed E-state index contributed by atoms with van der Waals surface area (Å²) in [6, 6.07) is 11.8.